The molecule has 0 spiro atoms. The van der Waals surface area contributed by atoms with Crippen molar-refractivity contribution in [2.24, 2.45) is 0 Å². The summed E-state index contributed by atoms with van der Waals surface area (Å²) >= 11 is 12.1. The second-order valence-electron chi connectivity index (χ2n) is 7.16. The maximum Gasteiger partial charge on any atom is 0.303 e. The molecule has 1 aliphatic rings. The quantitative estimate of drug-likeness (QED) is 0.594. The van der Waals surface area contributed by atoms with Crippen LogP contribution < -0.4 is 0 Å². The number of fused-ring (bicyclic) bond motifs is 1. The number of carbonyl (C=O) groups is 2. The molecule has 1 aliphatic carbocycles. The SMILES string of the molecule is O=C(O)CCCCCN(C(=O)c1ccc(Cl)c(Cl)c1)C1Cc2ccccc2C1. The summed E-state index contributed by atoms with van der Waals surface area (Å²) < 4.78 is 0. The number of aliphatic carboxylic acids is 1. The molecular formula is C22H23Cl2NO3. The Balaban J connectivity index is 1.73. The van der Waals surface area contributed by atoms with E-state index in [9.17, 15) is 9.59 Å². The van der Waals surface area contributed by atoms with Crippen LogP contribution in [0.5, 0.6) is 0 Å². The number of rotatable bonds is 8. The highest BCUT2D eigenvalue weighted by Gasteiger charge is 2.30. The average Bonchev–Trinajstić information content (AvgIpc) is 3.09. The number of carboxylic acid groups (broad SMARTS) is 1. The van der Waals surface area contributed by atoms with Gasteiger partial charge in [-0.1, -0.05) is 53.9 Å². The van der Waals surface area contributed by atoms with Crippen molar-refractivity contribution in [1.29, 1.82) is 0 Å². The Labute approximate surface area is 175 Å². The molecule has 0 fully saturated rings. The molecule has 0 radical (unpaired) electrons. The molecular weight excluding hydrogens is 397 g/mol. The lowest BCUT2D eigenvalue weighted by Gasteiger charge is -2.29. The monoisotopic (exact) mass is 419 g/mol. The van der Waals surface area contributed by atoms with Crippen molar-refractivity contribution in [3.05, 3.63) is 69.2 Å². The van der Waals surface area contributed by atoms with Crippen LogP contribution in [0.25, 0.3) is 0 Å². The molecule has 1 N–H and O–H groups in total. The third-order valence-electron chi connectivity index (χ3n) is 5.19. The highest BCUT2D eigenvalue weighted by atomic mass is 35.5. The Bertz CT molecular complexity index is 844. The third kappa shape index (κ3) is 5.06. The topological polar surface area (TPSA) is 57.6 Å². The number of hydrogen-bond donors (Lipinski definition) is 1. The minimum Gasteiger partial charge on any atom is -0.481 e. The number of carbonyl (C=O) groups excluding carboxylic acids is 1. The van der Waals surface area contributed by atoms with Crippen LogP contribution in [0.3, 0.4) is 0 Å². The number of nitrogens with zero attached hydrogens (tertiary/aromatic N) is 1. The van der Waals surface area contributed by atoms with Crippen molar-refractivity contribution in [3.63, 3.8) is 0 Å². The van der Waals surface area contributed by atoms with Gasteiger partial charge in [-0.25, -0.2) is 0 Å². The van der Waals surface area contributed by atoms with Crippen LogP contribution in [0.15, 0.2) is 42.5 Å². The molecule has 4 nitrogen and oxygen atoms in total. The van der Waals surface area contributed by atoms with E-state index >= 15 is 0 Å². The van der Waals surface area contributed by atoms with Crippen molar-refractivity contribution in [2.75, 3.05) is 6.54 Å². The summed E-state index contributed by atoms with van der Waals surface area (Å²) in [5.41, 5.74) is 3.09. The molecule has 2 aromatic rings. The molecule has 0 heterocycles. The summed E-state index contributed by atoms with van der Waals surface area (Å²) in [4.78, 5) is 25.9. The number of benzene rings is 2. The fourth-order valence-corrected chi connectivity index (χ4v) is 4.03. The van der Waals surface area contributed by atoms with Crippen molar-refractivity contribution < 1.29 is 14.7 Å². The van der Waals surface area contributed by atoms with Gasteiger partial charge in [0.1, 0.15) is 0 Å². The summed E-state index contributed by atoms with van der Waals surface area (Å²) in [7, 11) is 0. The van der Waals surface area contributed by atoms with Crippen molar-refractivity contribution in [1.82, 2.24) is 4.90 Å². The standard InChI is InChI=1S/C22H23Cl2NO3/c23-19-10-9-17(14-20(19)24)22(28)25(11-5-1-2-8-21(26)27)18-12-15-6-3-4-7-16(15)13-18/h3-4,6-7,9-10,14,18H,1-2,5,8,11-13H2,(H,26,27). The van der Waals surface area contributed by atoms with Crippen molar-refractivity contribution >= 4 is 35.1 Å². The second kappa shape index (κ2) is 9.44. The Hall–Kier alpha value is -2.04. The predicted molar refractivity (Wildman–Crippen MR) is 111 cm³/mol. The van der Waals surface area contributed by atoms with Crippen LogP contribution in [0.1, 0.15) is 47.2 Å². The minimum absolute atomic E-state index is 0.0605. The second-order valence-corrected chi connectivity index (χ2v) is 7.98. The summed E-state index contributed by atoms with van der Waals surface area (Å²) in [6.07, 6.45) is 3.99. The Morgan fingerprint density at radius 2 is 1.64 bits per heavy atom. The van der Waals surface area contributed by atoms with Crippen LogP contribution >= 0.6 is 23.2 Å². The molecule has 0 bridgehead atoms. The largest absolute Gasteiger partial charge is 0.481 e. The van der Waals surface area contributed by atoms with E-state index in [2.05, 4.69) is 12.1 Å². The summed E-state index contributed by atoms with van der Waals surface area (Å²) in [5.74, 6) is -0.843. The molecule has 6 heteroatoms. The Kier molecular flexibility index (Phi) is 6.97. The molecule has 0 saturated heterocycles. The van der Waals surface area contributed by atoms with Gasteiger partial charge in [-0.15, -0.1) is 0 Å². The maximum atomic E-state index is 13.2. The van der Waals surface area contributed by atoms with E-state index in [0.717, 1.165) is 25.7 Å². The fraction of sp³-hybridized carbons (Fsp3) is 0.364. The molecule has 0 atom stereocenters. The molecule has 0 aliphatic heterocycles. The molecule has 3 rings (SSSR count). The van der Waals surface area contributed by atoms with Crippen LogP contribution in [0.4, 0.5) is 0 Å². The van der Waals surface area contributed by atoms with Gasteiger partial charge in [-0.05, 0) is 55.0 Å². The van der Waals surface area contributed by atoms with Gasteiger partial charge in [0.2, 0.25) is 0 Å². The number of carboxylic acids is 1. The van der Waals surface area contributed by atoms with E-state index in [1.54, 1.807) is 18.2 Å². The molecule has 2 aromatic carbocycles. The van der Waals surface area contributed by atoms with Gasteiger partial charge in [0.05, 0.1) is 10.0 Å². The Morgan fingerprint density at radius 3 is 2.25 bits per heavy atom. The smallest absolute Gasteiger partial charge is 0.303 e. The van der Waals surface area contributed by atoms with Crippen LogP contribution in [0.2, 0.25) is 10.0 Å². The lowest BCUT2D eigenvalue weighted by molar-refractivity contribution is -0.137. The van der Waals surface area contributed by atoms with Gasteiger partial charge in [0, 0.05) is 24.6 Å². The minimum atomic E-state index is -0.782. The molecule has 1 amide bonds. The normalized spacial score (nSPS) is 13.4. The predicted octanol–water partition coefficient (Wildman–Crippen LogP) is 5.25. The zero-order valence-electron chi connectivity index (χ0n) is 15.5. The first-order chi connectivity index (χ1) is 13.5. The van der Waals surface area contributed by atoms with Crippen molar-refractivity contribution in [3.8, 4) is 0 Å². The van der Waals surface area contributed by atoms with Gasteiger partial charge in [0.25, 0.3) is 5.91 Å². The first kappa shape index (κ1) is 20.7. The number of halogens is 2. The molecule has 148 valence electrons. The fourth-order valence-electron chi connectivity index (χ4n) is 3.74. The van der Waals surface area contributed by atoms with E-state index < -0.39 is 5.97 Å². The van der Waals surface area contributed by atoms with E-state index in [1.165, 1.54) is 11.1 Å². The van der Waals surface area contributed by atoms with Crippen molar-refractivity contribution in [2.45, 2.75) is 44.6 Å². The number of hydrogen-bond acceptors (Lipinski definition) is 2. The van der Waals surface area contributed by atoms with E-state index in [1.807, 2.05) is 17.0 Å². The number of amides is 1. The van der Waals surface area contributed by atoms with Gasteiger partial charge in [-0.3, -0.25) is 9.59 Å². The molecule has 0 saturated carbocycles. The Morgan fingerprint density at radius 1 is 0.964 bits per heavy atom. The number of unbranched alkanes of at least 4 members (excludes halogenated alkanes) is 2. The summed E-state index contributed by atoms with van der Waals surface area (Å²) in [6, 6.07) is 13.3. The average molecular weight is 420 g/mol. The van der Waals surface area contributed by atoms with E-state index in [0.29, 0.717) is 28.6 Å². The lowest BCUT2D eigenvalue weighted by atomic mass is 10.1. The van der Waals surface area contributed by atoms with E-state index in [-0.39, 0.29) is 18.4 Å². The molecule has 0 unspecified atom stereocenters. The van der Waals surface area contributed by atoms with Gasteiger partial charge in [-0.2, -0.15) is 0 Å². The summed E-state index contributed by atoms with van der Waals surface area (Å²) in [5, 5.41) is 9.58. The van der Waals surface area contributed by atoms with Crippen LogP contribution in [0, 0.1) is 0 Å². The molecule has 28 heavy (non-hydrogen) atoms. The van der Waals surface area contributed by atoms with Crippen LogP contribution in [-0.4, -0.2) is 34.5 Å². The summed E-state index contributed by atoms with van der Waals surface area (Å²) in [6.45, 7) is 0.595. The van der Waals surface area contributed by atoms with E-state index in [4.69, 9.17) is 28.3 Å². The van der Waals surface area contributed by atoms with Gasteiger partial charge in [0.15, 0.2) is 0 Å². The van der Waals surface area contributed by atoms with Gasteiger partial charge >= 0.3 is 5.97 Å². The molecule has 0 aromatic heterocycles. The highest BCUT2D eigenvalue weighted by molar-refractivity contribution is 6.42. The zero-order chi connectivity index (χ0) is 20.1. The first-order valence-electron chi connectivity index (χ1n) is 9.50. The third-order valence-corrected chi connectivity index (χ3v) is 5.93. The van der Waals surface area contributed by atoms with Gasteiger partial charge < -0.3 is 10.0 Å². The first-order valence-corrected chi connectivity index (χ1v) is 10.3. The highest BCUT2D eigenvalue weighted by Crippen LogP contribution is 2.28. The lowest BCUT2D eigenvalue weighted by Crippen LogP contribution is -2.41. The van der Waals surface area contributed by atoms with Crippen LogP contribution in [-0.2, 0) is 17.6 Å². The maximum absolute atomic E-state index is 13.2. The zero-order valence-corrected chi connectivity index (χ0v) is 17.0.